The van der Waals surface area contributed by atoms with Gasteiger partial charge >= 0.3 is 0 Å². The fourth-order valence-corrected chi connectivity index (χ4v) is 2.11. The largest absolute Gasteiger partial charge is 0.507 e. The molecule has 0 heterocycles. The highest BCUT2D eigenvalue weighted by molar-refractivity contribution is 7.80. The van der Waals surface area contributed by atoms with Gasteiger partial charge in [-0.3, -0.25) is 5.43 Å². The number of hydrazone groups is 1. The number of phenols is 1. The zero-order valence-corrected chi connectivity index (χ0v) is 13.9. The van der Waals surface area contributed by atoms with Crippen molar-refractivity contribution in [2.24, 2.45) is 5.10 Å². The van der Waals surface area contributed by atoms with Gasteiger partial charge in [0.1, 0.15) is 11.6 Å². The maximum Gasteiger partial charge on any atom is 0.187 e. The lowest BCUT2D eigenvalue weighted by Crippen LogP contribution is -2.32. The number of thiocarbonyl (C=S) groups is 1. The molecule has 0 fully saturated rings. The van der Waals surface area contributed by atoms with Crippen LogP contribution < -0.4 is 10.7 Å². The average molecular weight is 352 g/mol. The predicted octanol–water partition coefficient (Wildman–Crippen LogP) is 3.57. The highest BCUT2D eigenvalue weighted by atomic mass is 35.5. The van der Waals surface area contributed by atoms with Crippen LogP contribution in [0.2, 0.25) is 5.02 Å². The molecule has 0 bridgehead atoms. The fraction of sp³-hybridized carbons (Fsp3) is 0.125. The van der Waals surface area contributed by atoms with E-state index >= 15 is 0 Å². The van der Waals surface area contributed by atoms with Gasteiger partial charge in [0.15, 0.2) is 5.11 Å². The molecule has 0 spiro atoms. The van der Waals surface area contributed by atoms with Gasteiger partial charge in [0.05, 0.1) is 5.71 Å². The Morgan fingerprint density at radius 2 is 1.96 bits per heavy atom. The molecule has 4 nitrogen and oxygen atoms in total. The second kappa shape index (κ2) is 7.89. The number of rotatable bonds is 4. The Bertz CT molecular complexity index is 735. The molecule has 0 amide bonds. The second-order valence-corrected chi connectivity index (χ2v) is 5.62. The minimum atomic E-state index is -0.281. The molecule has 7 heteroatoms. The van der Waals surface area contributed by atoms with Crippen molar-refractivity contribution in [3.05, 3.63) is 64.4 Å². The molecule has 0 atom stereocenters. The number of aromatic hydroxyl groups is 1. The molecular weight excluding hydrogens is 337 g/mol. The Kier molecular flexibility index (Phi) is 5.90. The number of hydrogen-bond donors (Lipinski definition) is 3. The van der Waals surface area contributed by atoms with Gasteiger partial charge in [0.25, 0.3) is 0 Å². The zero-order chi connectivity index (χ0) is 16.8. The molecule has 3 N–H and O–H groups in total. The van der Waals surface area contributed by atoms with Crippen molar-refractivity contribution in [1.29, 1.82) is 0 Å². The molecule has 0 aliphatic rings. The van der Waals surface area contributed by atoms with Gasteiger partial charge in [0.2, 0.25) is 0 Å². The summed E-state index contributed by atoms with van der Waals surface area (Å²) in [7, 11) is 0. The maximum atomic E-state index is 12.8. The Hall–Kier alpha value is -2.18. The first kappa shape index (κ1) is 17.2. The monoisotopic (exact) mass is 351 g/mol. The molecule has 0 saturated heterocycles. The van der Waals surface area contributed by atoms with Crippen LogP contribution in [0.3, 0.4) is 0 Å². The molecule has 2 aromatic rings. The van der Waals surface area contributed by atoms with Gasteiger partial charge in [-0.25, -0.2) is 4.39 Å². The van der Waals surface area contributed by atoms with Crippen LogP contribution in [0.5, 0.6) is 5.75 Å². The van der Waals surface area contributed by atoms with E-state index in [1.807, 2.05) is 0 Å². The topological polar surface area (TPSA) is 56.7 Å². The quantitative estimate of drug-likeness (QED) is 0.448. The number of nitrogens with one attached hydrogen (secondary N) is 2. The lowest BCUT2D eigenvalue weighted by molar-refractivity contribution is 0.474. The summed E-state index contributed by atoms with van der Waals surface area (Å²) in [6, 6.07) is 10.8. The highest BCUT2D eigenvalue weighted by Gasteiger charge is 2.06. The molecule has 0 saturated carbocycles. The van der Waals surface area contributed by atoms with Crippen molar-refractivity contribution in [2.45, 2.75) is 13.5 Å². The third kappa shape index (κ3) is 5.19. The molecular formula is C16H15ClFN3OS. The summed E-state index contributed by atoms with van der Waals surface area (Å²) >= 11 is 11.0. The van der Waals surface area contributed by atoms with E-state index in [1.165, 1.54) is 18.2 Å². The van der Waals surface area contributed by atoms with Crippen molar-refractivity contribution < 1.29 is 9.50 Å². The number of phenolic OH excluding ortho intramolecular Hbond substituents is 1. The molecule has 0 aromatic heterocycles. The standard InChI is InChI=1S/C16H15ClFN3OS/c1-10(14-8-12(17)4-7-15(14)22)20-21-16(23)19-9-11-2-5-13(18)6-3-11/h2-8,22H,9H2,1H3,(H2,19,21,23)/b20-10+. The number of nitrogens with zero attached hydrogens (tertiary/aromatic N) is 1. The fourth-order valence-electron chi connectivity index (χ4n) is 1.82. The zero-order valence-electron chi connectivity index (χ0n) is 12.3. The predicted molar refractivity (Wildman–Crippen MR) is 94.3 cm³/mol. The lowest BCUT2D eigenvalue weighted by atomic mass is 10.1. The molecule has 2 rings (SSSR count). The van der Waals surface area contributed by atoms with Crippen LogP contribution in [-0.2, 0) is 6.54 Å². The summed E-state index contributed by atoms with van der Waals surface area (Å²) in [5.74, 6) is -0.196. The van der Waals surface area contributed by atoms with E-state index < -0.39 is 0 Å². The highest BCUT2D eigenvalue weighted by Crippen LogP contribution is 2.21. The molecule has 0 aliphatic carbocycles. The smallest absolute Gasteiger partial charge is 0.187 e. The van der Waals surface area contributed by atoms with Crippen molar-refractivity contribution in [3.8, 4) is 5.75 Å². The van der Waals surface area contributed by atoms with Crippen LogP contribution in [-0.4, -0.2) is 15.9 Å². The van der Waals surface area contributed by atoms with E-state index in [1.54, 1.807) is 31.2 Å². The molecule has 2 aromatic carbocycles. The van der Waals surface area contributed by atoms with Crippen LogP contribution in [0.25, 0.3) is 0 Å². The summed E-state index contributed by atoms with van der Waals surface area (Å²) < 4.78 is 12.8. The number of hydrogen-bond acceptors (Lipinski definition) is 3. The van der Waals surface area contributed by atoms with E-state index in [0.717, 1.165) is 5.56 Å². The maximum absolute atomic E-state index is 12.8. The summed E-state index contributed by atoms with van der Waals surface area (Å²) in [4.78, 5) is 0. The minimum Gasteiger partial charge on any atom is -0.507 e. The van der Waals surface area contributed by atoms with Gasteiger partial charge in [0, 0.05) is 17.1 Å². The molecule has 0 radical (unpaired) electrons. The Balaban J connectivity index is 1.92. The third-order valence-corrected chi connectivity index (χ3v) is 3.51. The molecule has 23 heavy (non-hydrogen) atoms. The van der Waals surface area contributed by atoms with Crippen LogP contribution >= 0.6 is 23.8 Å². The van der Waals surface area contributed by atoms with Crippen molar-refractivity contribution in [1.82, 2.24) is 10.7 Å². The van der Waals surface area contributed by atoms with Gasteiger partial charge in [-0.05, 0) is 55.0 Å². The second-order valence-electron chi connectivity index (χ2n) is 4.78. The minimum absolute atomic E-state index is 0.0858. The van der Waals surface area contributed by atoms with Gasteiger partial charge in [-0.1, -0.05) is 23.7 Å². The first-order chi connectivity index (χ1) is 11.0. The van der Waals surface area contributed by atoms with Gasteiger partial charge in [-0.2, -0.15) is 5.10 Å². The van der Waals surface area contributed by atoms with E-state index in [2.05, 4.69) is 15.8 Å². The Labute approximate surface area is 144 Å². The van der Waals surface area contributed by atoms with Crippen LogP contribution in [0.15, 0.2) is 47.6 Å². The summed E-state index contributed by atoms with van der Waals surface area (Å²) in [6.45, 7) is 2.17. The Morgan fingerprint density at radius 3 is 2.65 bits per heavy atom. The van der Waals surface area contributed by atoms with Crippen molar-refractivity contribution in [3.63, 3.8) is 0 Å². The summed E-state index contributed by atoms with van der Waals surface area (Å²) in [6.07, 6.45) is 0. The lowest BCUT2D eigenvalue weighted by Gasteiger charge is -2.09. The first-order valence-electron chi connectivity index (χ1n) is 6.77. The normalized spacial score (nSPS) is 11.2. The van der Waals surface area contributed by atoms with Crippen LogP contribution in [0.4, 0.5) is 4.39 Å². The number of benzene rings is 2. The van der Waals surface area contributed by atoms with Gasteiger partial charge < -0.3 is 10.4 Å². The SMILES string of the molecule is C/C(=N\NC(=S)NCc1ccc(F)cc1)c1cc(Cl)ccc1O. The van der Waals surface area contributed by atoms with Gasteiger partial charge in [-0.15, -0.1) is 0 Å². The molecule has 120 valence electrons. The number of halogens is 2. The third-order valence-electron chi connectivity index (χ3n) is 3.04. The summed E-state index contributed by atoms with van der Waals surface area (Å²) in [5, 5.41) is 17.7. The van der Waals surface area contributed by atoms with Crippen molar-refractivity contribution >= 4 is 34.6 Å². The summed E-state index contributed by atoms with van der Waals surface area (Å²) in [5.41, 5.74) is 4.64. The van der Waals surface area contributed by atoms with Crippen molar-refractivity contribution in [2.75, 3.05) is 0 Å². The van der Waals surface area contributed by atoms with E-state index in [4.69, 9.17) is 23.8 Å². The Morgan fingerprint density at radius 1 is 1.26 bits per heavy atom. The van der Waals surface area contributed by atoms with E-state index in [9.17, 15) is 9.50 Å². The van der Waals surface area contributed by atoms with Crippen LogP contribution in [0, 0.1) is 5.82 Å². The first-order valence-corrected chi connectivity index (χ1v) is 7.56. The molecule has 0 unspecified atom stereocenters. The molecule has 0 aliphatic heterocycles. The average Bonchev–Trinajstić information content (AvgIpc) is 2.54. The van der Waals surface area contributed by atoms with Crippen LogP contribution in [0.1, 0.15) is 18.1 Å². The van der Waals surface area contributed by atoms with E-state index in [-0.39, 0.29) is 11.6 Å². The van der Waals surface area contributed by atoms with E-state index in [0.29, 0.717) is 28.0 Å².